The van der Waals surface area contributed by atoms with Gasteiger partial charge in [0.25, 0.3) is 0 Å². The molecule has 3 nitrogen and oxygen atoms in total. The third-order valence-electron chi connectivity index (χ3n) is 4.34. The minimum Gasteiger partial charge on any atom is -0.323 e. The van der Waals surface area contributed by atoms with Gasteiger partial charge in [-0.2, -0.15) is 5.26 Å². The summed E-state index contributed by atoms with van der Waals surface area (Å²) in [5.74, 6) is -1.77. The van der Waals surface area contributed by atoms with Crippen LogP contribution in [0, 0.1) is 23.0 Å². The van der Waals surface area contributed by atoms with E-state index in [1.165, 1.54) is 6.07 Å². The van der Waals surface area contributed by atoms with Crippen molar-refractivity contribution >= 4 is 0 Å². The van der Waals surface area contributed by atoms with Gasteiger partial charge in [-0.15, -0.1) is 0 Å². The number of hydrogen-bond acceptors (Lipinski definition) is 2. The molecule has 0 aliphatic rings. The molecule has 4 rings (SSSR count). The number of aromatic nitrogens is 2. The number of pyridine rings is 1. The molecule has 2 aromatic heterocycles. The molecule has 2 aromatic carbocycles. The quantitative estimate of drug-likeness (QED) is 0.495. The van der Waals surface area contributed by atoms with Gasteiger partial charge in [0, 0.05) is 41.6 Å². The van der Waals surface area contributed by atoms with E-state index in [0.717, 1.165) is 28.4 Å². The van der Waals surface area contributed by atoms with Crippen molar-refractivity contribution in [2.45, 2.75) is 0 Å². The van der Waals surface area contributed by atoms with Crippen LogP contribution in [0.2, 0.25) is 0 Å². The van der Waals surface area contributed by atoms with Crippen molar-refractivity contribution in [3.63, 3.8) is 0 Å². The molecule has 0 aliphatic heterocycles. The number of rotatable bonds is 3. The minimum absolute atomic E-state index is 0.570. The molecule has 0 aliphatic carbocycles. The van der Waals surface area contributed by atoms with E-state index < -0.39 is 11.6 Å². The number of hydrogen-bond donors (Lipinski definition) is 0. The Balaban J connectivity index is 1.89. The maximum Gasteiger partial charge on any atom is 0.159 e. The molecule has 5 heteroatoms. The Morgan fingerprint density at radius 2 is 1.44 bits per heavy atom. The Kier molecular flexibility index (Phi) is 4.23. The van der Waals surface area contributed by atoms with Crippen LogP contribution in [-0.4, -0.2) is 9.55 Å². The van der Waals surface area contributed by atoms with Crippen LogP contribution in [0.1, 0.15) is 5.56 Å². The van der Waals surface area contributed by atoms with Gasteiger partial charge in [0.1, 0.15) is 0 Å². The first-order chi connectivity index (χ1) is 13.2. The predicted octanol–water partition coefficient (Wildman–Crippen LogP) is 5.36. The molecule has 0 fully saturated rings. The van der Waals surface area contributed by atoms with Crippen molar-refractivity contribution in [3.05, 3.63) is 96.6 Å². The number of halogens is 2. The van der Waals surface area contributed by atoms with Crippen LogP contribution in [0.3, 0.4) is 0 Å². The molecular weight excluding hydrogens is 344 g/mol. The van der Waals surface area contributed by atoms with E-state index in [2.05, 4.69) is 11.1 Å². The Hall–Kier alpha value is -3.78. The molecular formula is C22H13F2N3. The largest absolute Gasteiger partial charge is 0.323 e. The topological polar surface area (TPSA) is 41.6 Å². The first-order valence-corrected chi connectivity index (χ1v) is 8.24. The highest BCUT2D eigenvalue weighted by atomic mass is 19.2. The molecule has 0 saturated carbocycles. The monoisotopic (exact) mass is 357 g/mol. The molecule has 0 saturated heterocycles. The van der Waals surface area contributed by atoms with E-state index >= 15 is 0 Å². The van der Waals surface area contributed by atoms with Crippen molar-refractivity contribution in [1.82, 2.24) is 9.55 Å². The Morgan fingerprint density at radius 1 is 0.778 bits per heavy atom. The highest BCUT2D eigenvalue weighted by Gasteiger charge is 2.14. The zero-order valence-electron chi connectivity index (χ0n) is 14.1. The summed E-state index contributed by atoms with van der Waals surface area (Å²) in [5, 5.41) is 8.96. The first-order valence-electron chi connectivity index (χ1n) is 8.24. The van der Waals surface area contributed by atoms with Crippen molar-refractivity contribution in [3.8, 4) is 34.0 Å². The van der Waals surface area contributed by atoms with Gasteiger partial charge < -0.3 is 4.57 Å². The van der Waals surface area contributed by atoms with Crippen molar-refractivity contribution in [1.29, 1.82) is 5.26 Å². The van der Waals surface area contributed by atoms with Crippen LogP contribution in [0.4, 0.5) is 8.78 Å². The van der Waals surface area contributed by atoms with Gasteiger partial charge in [0.05, 0.1) is 11.6 Å². The summed E-state index contributed by atoms with van der Waals surface area (Å²) in [4.78, 5) is 4.04. The predicted molar refractivity (Wildman–Crippen MR) is 99.1 cm³/mol. The fraction of sp³-hybridized carbons (Fsp3) is 0. The first kappa shape index (κ1) is 16.7. The number of nitriles is 1. The molecule has 2 heterocycles. The lowest BCUT2D eigenvalue weighted by molar-refractivity contribution is 0.509. The lowest BCUT2D eigenvalue weighted by Crippen LogP contribution is -1.89. The average molecular weight is 357 g/mol. The van der Waals surface area contributed by atoms with Gasteiger partial charge in [-0.3, -0.25) is 4.98 Å². The second-order valence-electron chi connectivity index (χ2n) is 6.02. The summed E-state index contributed by atoms with van der Waals surface area (Å²) in [5.41, 5.74) is 4.56. The lowest BCUT2D eigenvalue weighted by Gasteiger charge is -2.04. The van der Waals surface area contributed by atoms with Crippen LogP contribution in [-0.2, 0) is 0 Å². The highest BCUT2D eigenvalue weighted by Crippen LogP contribution is 2.34. The molecule has 130 valence electrons. The molecule has 0 amide bonds. The van der Waals surface area contributed by atoms with Crippen LogP contribution in [0.15, 0.2) is 79.4 Å². The maximum atomic E-state index is 13.8. The fourth-order valence-electron chi connectivity index (χ4n) is 2.97. The zero-order valence-corrected chi connectivity index (χ0v) is 14.1. The summed E-state index contributed by atoms with van der Waals surface area (Å²) in [6, 6.07) is 16.8. The third-order valence-corrected chi connectivity index (χ3v) is 4.34. The third kappa shape index (κ3) is 3.21. The molecule has 0 bridgehead atoms. The SMILES string of the molecule is N#Cc1ccc(-n2cc(-c3ccncc3)c(-c3ccc(F)c(F)c3)c2)cc1. The van der Waals surface area contributed by atoms with Crippen molar-refractivity contribution in [2.24, 2.45) is 0 Å². The summed E-state index contributed by atoms with van der Waals surface area (Å²) in [6.45, 7) is 0. The van der Waals surface area contributed by atoms with E-state index in [-0.39, 0.29) is 0 Å². The summed E-state index contributed by atoms with van der Waals surface area (Å²) in [7, 11) is 0. The Morgan fingerprint density at radius 3 is 2.07 bits per heavy atom. The average Bonchev–Trinajstić information content (AvgIpc) is 3.16. The normalized spacial score (nSPS) is 10.6. The van der Waals surface area contributed by atoms with Gasteiger partial charge in [-0.05, 0) is 59.7 Å². The van der Waals surface area contributed by atoms with E-state index in [9.17, 15) is 8.78 Å². The standard InChI is InChI=1S/C22H13F2N3/c23-21-6-3-17(11-22(21)24)20-14-27(18-4-1-15(12-25)2-5-18)13-19(20)16-7-9-26-10-8-16/h1-11,13-14H. The van der Waals surface area contributed by atoms with E-state index in [1.54, 1.807) is 30.6 Å². The highest BCUT2D eigenvalue weighted by molar-refractivity contribution is 5.83. The Labute approximate surface area is 154 Å². The smallest absolute Gasteiger partial charge is 0.159 e. The fourth-order valence-corrected chi connectivity index (χ4v) is 2.97. The van der Waals surface area contributed by atoms with Crippen LogP contribution in [0.5, 0.6) is 0 Å². The minimum atomic E-state index is -0.890. The molecule has 0 N–H and O–H groups in total. The molecule has 27 heavy (non-hydrogen) atoms. The van der Waals surface area contributed by atoms with Gasteiger partial charge in [-0.1, -0.05) is 6.07 Å². The Bertz CT molecular complexity index is 1140. The second-order valence-corrected chi connectivity index (χ2v) is 6.02. The van der Waals surface area contributed by atoms with Gasteiger partial charge in [0.2, 0.25) is 0 Å². The van der Waals surface area contributed by atoms with Crippen LogP contribution >= 0.6 is 0 Å². The molecule has 0 radical (unpaired) electrons. The molecule has 4 aromatic rings. The van der Waals surface area contributed by atoms with Crippen molar-refractivity contribution < 1.29 is 8.78 Å². The van der Waals surface area contributed by atoms with E-state index in [4.69, 9.17) is 5.26 Å². The maximum absolute atomic E-state index is 13.8. The molecule has 0 unspecified atom stereocenters. The lowest BCUT2D eigenvalue weighted by atomic mass is 10.00. The van der Waals surface area contributed by atoms with Crippen LogP contribution < -0.4 is 0 Å². The number of benzene rings is 2. The van der Waals surface area contributed by atoms with E-state index in [0.29, 0.717) is 11.1 Å². The summed E-state index contributed by atoms with van der Waals surface area (Å²) in [6.07, 6.45) is 7.16. The van der Waals surface area contributed by atoms with E-state index in [1.807, 2.05) is 41.2 Å². The summed E-state index contributed by atoms with van der Waals surface area (Å²) < 4.78 is 29.1. The molecule has 0 atom stereocenters. The van der Waals surface area contributed by atoms with Gasteiger partial charge in [-0.25, -0.2) is 8.78 Å². The van der Waals surface area contributed by atoms with Gasteiger partial charge in [0.15, 0.2) is 11.6 Å². The number of nitrogens with zero attached hydrogens (tertiary/aromatic N) is 3. The van der Waals surface area contributed by atoms with Gasteiger partial charge >= 0.3 is 0 Å². The van der Waals surface area contributed by atoms with Crippen molar-refractivity contribution in [2.75, 3.05) is 0 Å². The summed E-state index contributed by atoms with van der Waals surface area (Å²) >= 11 is 0. The zero-order chi connectivity index (χ0) is 18.8. The molecule has 0 spiro atoms. The van der Waals surface area contributed by atoms with Crippen LogP contribution in [0.25, 0.3) is 27.9 Å². The second kappa shape index (κ2) is 6.85.